The molecular formula is C31H41N3O2. The van der Waals surface area contributed by atoms with Gasteiger partial charge in [-0.05, 0) is 67.6 Å². The van der Waals surface area contributed by atoms with E-state index in [4.69, 9.17) is 14.5 Å². The summed E-state index contributed by atoms with van der Waals surface area (Å²) >= 11 is 0. The van der Waals surface area contributed by atoms with E-state index in [1.807, 2.05) is 44.6 Å². The zero-order valence-corrected chi connectivity index (χ0v) is 22.1. The maximum Gasteiger partial charge on any atom is 0.231 e. The van der Waals surface area contributed by atoms with Crippen LogP contribution in [0.2, 0.25) is 0 Å². The molecule has 0 spiro atoms. The number of aryl methyl sites for hydroxylation is 2. The summed E-state index contributed by atoms with van der Waals surface area (Å²) in [5, 5.41) is 0. The van der Waals surface area contributed by atoms with E-state index in [0.717, 1.165) is 41.6 Å². The van der Waals surface area contributed by atoms with E-state index in [1.54, 1.807) is 6.20 Å². The van der Waals surface area contributed by atoms with Gasteiger partial charge in [0, 0.05) is 43.7 Å². The predicted octanol–water partition coefficient (Wildman–Crippen LogP) is 7.31. The number of hydrogen-bond acceptors (Lipinski definition) is 4. The van der Waals surface area contributed by atoms with Crippen molar-refractivity contribution in [3.63, 3.8) is 0 Å². The Morgan fingerprint density at radius 3 is 1.94 bits per heavy atom. The van der Waals surface area contributed by atoms with Crippen LogP contribution in [0.5, 0.6) is 11.5 Å². The number of hydrogen-bond donors (Lipinski definition) is 0. The third kappa shape index (κ3) is 6.97. The monoisotopic (exact) mass is 487 g/mol. The molecule has 5 nitrogen and oxygen atoms in total. The molecule has 0 unspecified atom stereocenters. The van der Waals surface area contributed by atoms with Gasteiger partial charge in [-0.2, -0.15) is 0 Å². The van der Waals surface area contributed by atoms with Gasteiger partial charge in [0.05, 0.1) is 0 Å². The molecule has 2 aromatic carbocycles. The first-order chi connectivity index (χ1) is 16.9. The number of nitrogens with zero attached hydrogens (tertiary/aromatic N) is 3. The summed E-state index contributed by atoms with van der Waals surface area (Å²) in [6.45, 7) is 12.8. The molecule has 192 valence electrons. The van der Waals surface area contributed by atoms with Gasteiger partial charge in [-0.15, -0.1) is 0 Å². The predicted molar refractivity (Wildman–Crippen MR) is 149 cm³/mol. The highest BCUT2D eigenvalue weighted by molar-refractivity contribution is 5.47. The number of pyridine rings is 1. The highest BCUT2D eigenvalue weighted by Gasteiger charge is 2.16. The molecule has 2 aromatic heterocycles. The first-order valence-corrected chi connectivity index (χ1v) is 12.2. The minimum Gasteiger partial charge on any atom is -0.454 e. The van der Waals surface area contributed by atoms with Gasteiger partial charge in [-0.1, -0.05) is 57.7 Å². The van der Waals surface area contributed by atoms with E-state index in [-0.39, 0.29) is 7.43 Å². The smallest absolute Gasteiger partial charge is 0.231 e. The van der Waals surface area contributed by atoms with Crippen molar-refractivity contribution in [2.45, 2.75) is 61.8 Å². The Morgan fingerprint density at radius 1 is 0.778 bits per heavy atom. The molecule has 5 rings (SSSR count). The Balaban J connectivity index is 0.000000391. The van der Waals surface area contributed by atoms with Crippen LogP contribution in [0.3, 0.4) is 0 Å². The quantitative estimate of drug-likeness (QED) is 0.303. The molecule has 0 bridgehead atoms. The zero-order valence-electron chi connectivity index (χ0n) is 22.1. The second kappa shape index (κ2) is 13.5. The second-order valence-corrected chi connectivity index (χ2v) is 8.49. The van der Waals surface area contributed by atoms with E-state index < -0.39 is 0 Å². The fraction of sp³-hybridized carbons (Fsp3) is 0.355. The van der Waals surface area contributed by atoms with Crippen LogP contribution in [-0.2, 0) is 19.9 Å². The lowest BCUT2D eigenvalue weighted by Gasteiger charge is -2.16. The van der Waals surface area contributed by atoms with Crippen LogP contribution in [-0.4, -0.2) is 21.3 Å². The van der Waals surface area contributed by atoms with Crippen molar-refractivity contribution in [3.05, 3.63) is 106 Å². The van der Waals surface area contributed by atoms with E-state index in [0.29, 0.717) is 6.79 Å². The van der Waals surface area contributed by atoms with Crippen molar-refractivity contribution in [2.24, 2.45) is 7.05 Å². The van der Waals surface area contributed by atoms with Gasteiger partial charge >= 0.3 is 0 Å². The Hall–Kier alpha value is -3.60. The molecule has 5 heteroatoms. The van der Waals surface area contributed by atoms with Gasteiger partial charge in [-0.3, -0.25) is 4.98 Å². The summed E-state index contributed by atoms with van der Waals surface area (Å²) in [5.41, 5.74) is 8.69. The molecule has 0 aliphatic carbocycles. The molecule has 1 aliphatic rings. The number of benzene rings is 2. The molecular weight excluding hydrogens is 446 g/mol. The third-order valence-corrected chi connectivity index (χ3v) is 6.35. The number of imidazole rings is 1. The molecule has 0 atom stereocenters. The van der Waals surface area contributed by atoms with Crippen LogP contribution < -0.4 is 9.47 Å². The van der Waals surface area contributed by atoms with Gasteiger partial charge in [-0.25, -0.2) is 4.98 Å². The highest BCUT2D eigenvalue weighted by Crippen LogP contribution is 2.33. The summed E-state index contributed by atoms with van der Waals surface area (Å²) in [4.78, 5) is 9.02. The van der Waals surface area contributed by atoms with Gasteiger partial charge in [0.25, 0.3) is 0 Å². The van der Waals surface area contributed by atoms with E-state index >= 15 is 0 Å². The summed E-state index contributed by atoms with van der Waals surface area (Å²) < 4.78 is 12.9. The minimum atomic E-state index is 0. The van der Waals surface area contributed by atoms with Crippen LogP contribution in [0.15, 0.2) is 60.9 Å². The molecule has 0 saturated heterocycles. The largest absolute Gasteiger partial charge is 0.454 e. The molecule has 0 N–H and O–H groups in total. The maximum absolute atomic E-state index is 5.51. The third-order valence-electron chi connectivity index (χ3n) is 6.35. The van der Waals surface area contributed by atoms with Gasteiger partial charge in [0.1, 0.15) is 5.82 Å². The van der Waals surface area contributed by atoms with Crippen molar-refractivity contribution in [1.82, 2.24) is 14.5 Å². The first-order valence-electron chi connectivity index (χ1n) is 12.2. The lowest BCUT2D eigenvalue weighted by Crippen LogP contribution is -2.07. The van der Waals surface area contributed by atoms with Crippen molar-refractivity contribution in [3.8, 4) is 11.5 Å². The van der Waals surface area contributed by atoms with Crippen LogP contribution in [0.1, 0.15) is 66.3 Å². The van der Waals surface area contributed by atoms with Crippen LogP contribution in [0, 0.1) is 27.7 Å². The fourth-order valence-electron chi connectivity index (χ4n) is 3.86. The SMILES string of the molecule is C.CC.Cc1c(Cc2ccccc2)nc(Cc2ccc3c(c2)OCO3)c(C)c1C.Cc1nccn1C. The molecule has 0 fully saturated rings. The van der Waals surface area contributed by atoms with E-state index in [1.165, 1.54) is 27.8 Å². The number of ether oxygens (including phenoxy) is 2. The number of aromatic nitrogens is 3. The average molecular weight is 488 g/mol. The fourth-order valence-corrected chi connectivity index (χ4v) is 3.86. The lowest BCUT2D eigenvalue weighted by molar-refractivity contribution is 0.174. The van der Waals surface area contributed by atoms with Gasteiger partial charge < -0.3 is 14.0 Å². The second-order valence-electron chi connectivity index (χ2n) is 8.49. The van der Waals surface area contributed by atoms with E-state index in [9.17, 15) is 0 Å². The Kier molecular flexibility index (Phi) is 10.7. The molecule has 0 radical (unpaired) electrons. The van der Waals surface area contributed by atoms with Crippen molar-refractivity contribution in [1.29, 1.82) is 0 Å². The summed E-state index contributed by atoms with van der Waals surface area (Å²) in [7, 11) is 1.97. The molecule has 0 saturated carbocycles. The van der Waals surface area contributed by atoms with Crippen molar-refractivity contribution < 1.29 is 9.47 Å². The summed E-state index contributed by atoms with van der Waals surface area (Å²) in [6, 6.07) is 16.7. The van der Waals surface area contributed by atoms with Crippen LogP contribution in [0.4, 0.5) is 0 Å². The highest BCUT2D eigenvalue weighted by atomic mass is 16.7. The van der Waals surface area contributed by atoms with Gasteiger partial charge in [0.15, 0.2) is 11.5 Å². The van der Waals surface area contributed by atoms with Crippen molar-refractivity contribution >= 4 is 0 Å². The summed E-state index contributed by atoms with van der Waals surface area (Å²) in [6.07, 6.45) is 5.37. The lowest BCUT2D eigenvalue weighted by atomic mass is 9.95. The van der Waals surface area contributed by atoms with Crippen molar-refractivity contribution in [2.75, 3.05) is 6.79 Å². The molecule has 0 amide bonds. The Labute approximate surface area is 217 Å². The maximum atomic E-state index is 5.51. The molecule has 3 heterocycles. The average Bonchev–Trinajstić information content (AvgIpc) is 3.51. The molecule has 36 heavy (non-hydrogen) atoms. The number of fused-ring (bicyclic) bond motifs is 1. The topological polar surface area (TPSA) is 49.2 Å². The normalized spacial score (nSPS) is 11.0. The van der Waals surface area contributed by atoms with Gasteiger partial charge in [0.2, 0.25) is 6.79 Å². The number of rotatable bonds is 4. The standard InChI is InChI=1S/C23H23NO2.C5H8N2.C2H6.CH4/c1-15-16(2)20(11-18-7-5-4-6-8-18)24-21(17(15)3)12-19-9-10-22-23(13-19)26-14-25-22;1-5-6-3-4-7(5)2;1-2;/h4-10,13H,11-12,14H2,1-3H3;3-4H,1-2H3;1-2H3;1H4. The Bertz CT molecular complexity index is 1230. The first kappa shape index (κ1) is 28.6. The molecule has 1 aliphatic heterocycles. The minimum absolute atomic E-state index is 0. The van der Waals surface area contributed by atoms with Crippen LogP contribution >= 0.6 is 0 Å². The van der Waals surface area contributed by atoms with E-state index in [2.05, 4.69) is 68.2 Å². The zero-order chi connectivity index (χ0) is 25.4. The molecule has 4 aromatic rings. The summed E-state index contributed by atoms with van der Waals surface area (Å²) in [5.74, 6) is 2.71. The Morgan fingerprint density at radius 2 is 1.39 bits per heavy atom. The van der Waals surface area contributed by atoms with Crippen LogP contribution in [0.25, 0.3) is 0 Å².